The summed E-state index contributed by atoms with van der Waals surface area (Å²) in [6.07, 6.45) is 0.240. The molecule has 0 radical (unpaired) electrons. The van der Waals surface area contributed by atoms with Crippen LogP contribution in [-0.2, 0) is 27.3 Å². The van der Waals surface area contributed by atoms with Gasteiger partial charge in [-0.1, -0.05) is 83.9 Å². The lowest BCUT2D eigenvalue weighted by Crippen LogP contribution is -2.55. The number of hydrogen-bond donors (Lipinski definition) is 1. The van der Waals surface area contributed by atoms with E-state index in [0.29, 0.717) is 50.8 Å². The monoisotopic (exact) mass is 563 g/mol. The molecular formula is C32H38ClN3O4. The number of urea groups is 1. The molecule has 2 unspecified atom stereocenters. The van der Waals surface area contributed by atoms with Crippen molar-refractivity contribution in [1.82, 2.24) is 15.1 Å². The summed E-state index contributed by atoms with van der Waals surface area (Å²) in [4.78, 5) is 29.8. The van der Waals surface area contributed by atoms with E-state index < -0.39 is 12.0 Å². The summed E-state index contributed by atoms with van der Waals surface area (Å²) in [7, 11) is 0. The minimum absolute atomic E-state index is 0.141. The average Bonchev–Trinajstić information content (AvgIpc) is 2.96. The second-order valence-electron chi connectivity index (χ2n) is 10.1. The van der Waals surface area contributed by atoms with Crippen LogP contribution in [0.15, 0.2) is 78.9 Å². The Bertz CT molecular complexity index is 1230. The van der Waals surface area contributed by atoms with Crippen molar-refractivity contribution in [3.8, 4) is 0 Å². The van der Waals surface area contributed by atoms with Gasteiger partial charge in [0, 0.05) is 44.2 Å². The molecule has 1 aliphatic rings. The molecule has 1 heterocycles. The Morgan fingerprint density at radius 3 is 2.30 bits per heavy atom. The number of nitrogens with one attached hydrogen (secondary N) is 1. The zero-order valence-corrected chi connectivity index (χ0v) is 24.0. The molecule has 0 bridgehead atoms. The molecule has 3 aromatic rings. The average molecular weight is 564 g/mol. The molecule has 8 heteroatoms. The van der Waals surface area contributed by atoms with Gasteiger partial charge in [-0.2, -0.15) is 0 Å². The summed E-state index contributed by atoms with van der Waals surface area (Å²) < 4.78 is 11.6. The number of nitrogens with zero attached hydrogens (tertiary/aromatic N) is 2. The van der Waals surface area contributed by atoms with Crippen LogP contribution in [0.25, 0.3) is 0 Å². The van der Waals surface area contributed by atoms with Crippen LogP contribution in [0.4, 0.5) is 4.79 Å². The van der Waals surface area contributed by atoms with Gasteiger partial charge in [0.05, 0.1) is 19.3 Å². The van der Waals surface area contributed by atoms with E-state index in [1.807, 2.05) is 60.7 Å². The smallest absolute Gasteiger partial charge is 0.329 e. The second kappa shape index (κ2) is 14.8. The van der Waals surface area contributed by atoms with Crippen LogP contribution in [0, 0.1) is 6.92 Å². The first-order valence-corrected chi connectivity index (χ1v) is 14.2. The Hall–Kier alpha value is -3.39. The van der Waals surface area contributed by atoms with E-state index in [-0.39, 0.29) is 18.7 Å². The Morgan fingerprint density at radius 1 is 0.925 bits per heavy atom. The number of ether oxygens (including phenoxy) is 2. The summed E-state index contributed by atoms with van der Waals surface area (Å²) in [5, 5.41) is 3.60. The van der Waals surface area contributed by atoms with Crippen LogP contribution in [0.2, 0.25) is 5.02 Å². The maximum atomic E-state index is 13.1. The molecule has 40 heavy (non-hydrogen) atoms. The quantitative estimate of drug-likeness (QED) is 0.316. The highest BCUT2D eigenvalue weighted by atomic mass is 35.5. The van der Waals surface area contributed by atoms with Gasteiger partial charge in [0.25, 0.3) is 0 Å². The highest BCUT2D eigenvalue weighted by molar-refractivity contribution is 6.30. The number of rotatable bonds is 11. The van der Waals surface area contributed by atoms with Crippen LogP contribution in [-0.4, -0.2) is 67.2 Å². The second-order valence-corrected chi connectivity index (χ2v) is 10.5. The van der Waals surface area contributed by atoms with Crippen molar-refractivity contribution >= 4 is 23.6 Å². The normalized spacial score (nSPS) is 15.3. The van der Waals surface area contributed by atoms with Crippen molar-refractivity contribution in [1.29, 1.82) is 0 Å². The largest absolute Gasteiger partial charge is 0.464 e. The van der Waals surface area contributed by atoms with Gasteiger partial charge in [-0.15, -0.1) is 0 Å². The van der Waals surface area contributed by atoms with Gasteiger partial charge < -0.3 is 19.7 Å². The maximum absolute atomic E-state index is 13.1. The van der Waals surface area contributed by atoms with Crippen LogP contribution >= 0.6 is 11.6 Å². The van der Waals surface area contributed by atoms with Crippen LogP contribution in [0.3, 0.4) is 0 Å². The highest BCUT2D eigenvalue weighted by Gasteiger charge is 2.28. The molecule has 4 rings (SSSR count). The topological polar surface area (TPSA) is 71.1 Å². The Labute approximate surface area is 242 Å². The fourth-order valence-electron chi connectivity index (χ4n) is 4.82. The van der Waals surface area contributed by atoms with Crippen LogP contribution < -0.4 is 5.32 Å². The Kier molecular flexibility index (Phi) is 11.0. The fraction of sp³-hybridized carbons (Fsp3) is 0.375. The number of amides is 2. The Morgan fingerprint density at radius 2 is 1.62 bits per heavy atom. The van der Waals surface area contributed by atoms with Gasteiger partial charge in [-0.25, -0.2) is 9.59 Å². The molecule has 2 atom stereocenters. The zero-order chi connectivity index (χ0) is 28.3. The number of piperazine rings is 1. The van der Waals surface area contributed by atoms with Crippen molar-refractivity contribution in [3.05, 3.63) is 106 Å². The molecule has 0 aliphatic carbocycles. The van der Waals surface area contributed by atoms with E-state index in [1.54, 1.807) is 11.8 Å². The molecule has 1 aliphatic heterocycles. The summed E-state index contributed by atoms with van der Waals surface area (Å²) >= 11 is 6.14. The number of carbonyl (C=O) groups excluding carboxylic acids is 2. The maximum Gasteiger partial charge on any atom is 0.329 e. The van der Waals surface area contributed by atoms with Gasteiger partial charge >= 0.3 is 12.0 Å². The summed E-state index contributed by atoms with van der Waals surface area (Å²) in [5.74, 6) is -0.421. The fourth-order valence-corrected chi connectivity index (χ4v) is 4.95. The lowest BCUT2D eigenvalue weighted by molar-refractivity contribution is -0.145. The number of carbonyl (C=O) groups is 2. The molecule has 7 nitrogen and oxygen atoms in total. The van der Waals surface area contributed by atoms with Crippen molar-refractivity contribution in [2.45, 2.75) is 39.0 Å². The number of esters is 1. The first kappa shape index (κ1) is 29.6. The third-order valence-electron chi connectivity index (χ3n) is 7.01. The van der Waals surface area contributed by atoms with Gasteiger partial charge in [0.15, 0.2) is 0 Å². The van der Waals surface area contributed by atoms with Gasteiger partial charge in [0.1, 0.15) is 6.04 Å². The van der Waals surface area contributed by atoms with Crippen LogP contribution in [0.5, 0.6) is 0 Å². The predicted octanol–water partition coefficient (Wildman–Crippen LogP) is 5.41. The molecule has 1 fully saturated rings. The zero-order valence-electron chi connectivity index (χ0n) is 23.2. The summed E-state index contributed by atoms with van der Waals surface area (Å²) in [6, 6.07) is 24.8. The third-order valence-corrected chi connectivity index (χ3v) is 7.26. The van der Waals surface area contributed by atoms with E-state index in [2.05, 4.69) is 35.3 Å². The third kappa shape index (κ3) is 8.81. The molecule has 212 valence electrons. The van der Waals surface area contributed by atoms with Crippen molar-refractivity contribution in [2.24, 2.45) is 0 Å². The molecule has 0 aromatic heterocycles. The molecule has 3 aromatic carbocycles. The molecule has 1 N–H and O–H groups in total. The number of aryl methyl sites for hydroxylation is 1. The van der Waals surface area contributed by atoms with Crippen molar-refractivity contribution in [3.63, 3.8) is 0 Å². The molecule has 0 spiro atoms. The molecular weight excluding hydrogens is 526 g/mol. The standard InChI is InChI=1S/C32H38ClN3O4/c1-3-39-31(37)29(21-25-9-5-4-6-10-25)34-32(38)36-18-16-35(17-19-36)22-30(27-12-14-28(33)15-13-27)40-23-26-11-7-8-24(2)20-26/h4-15,20,29-30H,3,16-19,21-23H2,1-2H3,(H,34,38). The number of halogens is 1. The lowest BCUT2D eigenvalue weighted by Gasteiger charge is -2.37. The minimum Gasteiger partial charge on any atom is -0.464 e. The van der Waals surface area contributed by atoms with Crippen LogP contribution in [0.1, 0.15) is 35.3 Å². The molecule has 0 saturated carbocycles. The van der Waals surface area contributed by atoms with Gasteiger partial charge in [-0.05, 0) is 42.7 Å². The SMILES string of the molecule is CCOC(=O)C(Cc1ccccc1)NC(=O)N1CCN(CC(OCc2cccc(C)c2)c2ccc(Cl)cc2)CC1. The van der Waals surface area contributed by atoms with E-state index in [1.165, 1.54) is 5.56 Å². The summed E-state index contributed by atoms with van der Waals surface area (Å²) in [6.45, 7) is 7.82. The summed E-state index contributed by atoms with van der Waals surface area (Å²) in [5.41, 5.74) is 4.36. The molecule has 2 amide bonds. The lowest BCUT2D eigenvalue weighted by atomic mass is 10.1. The predicted molar refractivity (Wildman–Crippen MR) is 157 cm³/mol. The number of hydrogen-bond acceptors (Lipinski definition) is 5. The van der Waals surface area contributed by atoms with E-state index in [4.69, 9.17) is 21.1 Å². The van der Waals surface area contributed by atoms with Crippen molar-refractivity contribution < 1.29 is 19.1 Å². The molecule has 1 saturated heterocycles. The minimum atomic E-state index is -0.739. The number of benzene rings is 3. The van der Waals surface area contributed by atoms with Crippen molar-refractivity contribution in [2.75, 3.05) is 39.3 Å². The van der Waals surface area contributed by atoms with Gasteiger partial charge in [-0.3, -0.25) is 4.90 Å². The first-order chi connectivity index (χ1) is 19.4. The van der Waals surface area contributed by atoms with Gasteiger partial charge in [0.2, 0.25) is 0 Å². The van der Waals surface area contributed by atoms with E-state index in [9.17, 15) is 9.59 Å². The first-order valence-electron chi connectivity index (χ1n) is 13.8. The highest BCUT2D eigenvalue weighted by Crippen LogP contribution is 2.23. The Balaban J connectivity index is 1.34. The van der Waals surface area contributed by atoms with E-state index >= 15 is 0 Å². The van der Waals surface area contributed by atoms with E-state index in [0.717, 1.165) is 16.7 Å².